The Hall–Kier alpha value is -2.79. The molecule has 1 aliphatic rings. The van der Waals surface area contributed by atoms with Gasteiger partial charge >= 0.3 is 0 Å². The van der Waals surface area contributed by atoms with Crippen LogP contribution in [0.4, 0.5) is 0 Å². The molecule has 4 rings (SSSR count). The molecule has 1 heterocycles. The van der Waals surface area contributed by atoms with Crippen molar-refractivity contribution in [2.24, 2.45) is 5.92 Å². The minimum absolute atomic E-state index is 0.0468. The first-order valence-corrected chi connectivity index (χ1v) is 10.3. The highest BCUT2D eigenvalue weighted by atomic mass is 16.4. The first-order valence-electron chi connectivity index (χ1n) is 10.3. The average Bonchev–Trinajstić information content (AvgIpc) is 3.36. The smallest absolute Gasteiger partial charge is 0.247 e. The van der Waals surface area contributed by atoms with E-state index < -0.39 is 6.10 Å². The summed E-state index contributed by atoms with van der Waals surface area (Å²) in [5, 5.41) is 18.1. The van der Waals surface area contributed by atoms with E-state index in [1.165, 1.54) is 11.1 Å². The Kier molecular flexibility index (Phi) is 5.86. The number of aliphatic hydroxyl groups is 1. The summed E-state index contributed by atoms with van der Waals surface area (Å²) >= 11 is 0. The van der Waals surface area contributed by atoms with E-state index >= 15 is 0 Å². The molecule has 0 aliphatic heterocycles. The number of aliphatic hydroxyl groups excluding tert-OH is 1. The second-order valence-corrected chi connectivity index (χ2v) is 7.94. The number of carbonyl (C=O) groups excluding carboxylic acids is 1. The third-order valence-corrected chi connectivity index (χ3v) is 5.73. The van der Waals surface area contributed by atoms with Crippen molar-refractivity contribution in [3.63, 3.8) is 0 Å². The third kappa shape index (κ3) is 4.80. The number of hydrogen-bond acceptors (Lipinski definition) is 5. The van der Waals surface area contributed by atoms with Gasteiger partial charge in [-0.25, -0.2) is 0 Å². The summed E-state index contributed by atoms with van der Waals surface area (Å²) in [7, 11) is 0. The van der Waals surface area contributed by atoms with E-state index in [2.05, 4.69) is 34.5 Å². The fourth-order valence-corrected chi connectivity index (χ4v) is 4.08. The highest BCUT2D eigenvalue weighted by Gasteiger charge is 2.21. The van der Waals surface area contributed by atoms with E-state index in [1.807, 2.05) is 12.1 Å². The van der Waals surface area contributed by atoms with Crippen LogP contribution in [0.2, 0.25) is 0 Å². The minimum atomic E-state index is -0.427. The van der Waals surface area contributed by atoms with Crippen LogP contribution in [-0.2, 0) is 12.8 Å². The SMILES string of the molecule is Cc1nnc(-c2ccc(C(=O)CC[C@@H](O)CCC3Cc4ccccc4C3)cc2)o1. The summed E-state index contributed by atoms with van der Waals surface area (Å²) in [4.78, 5) is 12.4. The summed E-state index contributed by atoms with van der Waals surface area (Å²) in [5.74, 6) is 1.62. The number of benzene rings is 2. The van der Waals surface area contributed by atoms with E-state index in [-0.39, 0.29) is 5.78 Å². The lowest BCUT2D eigenvalue weighted by atomic mass is 9.95. The van der Waals surface area contributed by atoms with Crippen LogP contribution in [0.1, 0.15) is 53.1 Å². The van der Waals surface area contributed by atoms with Gasteiger partial charge < -0.3 is 9.52 Å². The highest BCUT2D eigenvalue weighted by Crippen LogP contribution is 2.30. The maximum absolute atomic E-state index is 12.4. The second kappa shape index (κ2) is 8.70. The summed E-state index contributed by atoms with van der Waals surface area (Å²) in [6.45, 7) is 1.74. The maximum Gasteiger partial charge on any atom is 0.247 e. The molecule has 29 heavy (non-hydrogen) atoms. The first-order chi connectivity index (χ1) is 14.1. The van der Waals surface area contributed by atoms with Crippen LogP contribution in [-0.4, -0.2) is 27.2 Å². The summed E-state index contributed by atoms with van der Waals surface area (Å²) in [6, 6.07) is 15.8. The summed E-state index contributed by atoms with van der Waals surface area (Å²) < 4.78 is 5.40. The Bertz CT molecular complexity index is 953. The lowest BCUT2D eigenvalue weighted by Gasteiger charge is -2.13. The molecular weight excluding hydrogens is 364 g/mol. The van der Waals surface area contributed by atoms with Crippen LogP contribution >= 0.6 is 0 Å². The number of nitrogens with zero attached hydrogens (tertiary/aromatic N) is 2. The predicted molar refractivity (Wildman–Crippen MR) is 111 cm³/mol. The van der Waals surface area contributed by atoms with Crippen molar-refractivity contribution in [3.8, 4) is 11.5 Å². The Morgan fingerprint density at radius 2 is 1.76 bits per heavy atom. The fraction of sp³-hybridized carbons (Fsp3) is 0.375. The highest BCUT2D eigenvalue weighted by molar-refractivity contribution is 5.96. The van der Waals surface area contributed by atoms with E-state index in [0.29, 0.717) is 36.1 Å². The van der Waals surface area contributed by atoms with Crippen LogP contribution in [0.3, 0.4) is 0 Å². The molecule has 5 heteroatoms. The van der Waals surface area contributed by atoms with Crippen LogP contribution in [0.5, 0.6) is 0 Å². The van der Waals surface area contributed by atoms with Crippen molar-refractivity contribution in [2.45, 2.75) is 51.6 Å². The molecular formula is C24H26N2O3. The molecule has 150 valence electrons. The van der Waals surface area contributed by atoms with E-state index in [0.717, 1.165) is 31.2 Å². The Morgan fingerprint density at radius 1 is 1.07 bits per heavy atom. The van der Waals surface area contributed by atoms with E-state index in [9.17, 15) is 9.90 Å². The van der Waals surface area contributed by atoms with Crippen molar-refractivity contribution in [2.75, 3.05) is 0 Å². The zero-order valence-corrected chi connectivity index (χ0v) is 16.7. The molecule has 0 amide bonds. The number of fused-ring (bicyclic) bond motifs is 1. The predicted octanol–water partition coefficient (Wildman–Crippen LogP) is 4.56. The van der Waals surface area contributed by atoms with Gasteiger partial charge in [0.2, 0.25) is 11.8 Å². The summed E-state index contributed by atoms with van der Waals surface area (Å²) in [6.07, 6.45) is 4.39. The molecule has 0 radical (unpaired) electrons. The molecule has 2 aromatic carbocycles. The molecule has 0 saturated heterocycles. The largest absolute Gasteiger partial charge is 0.421 e. The molecule has 0 spiro atoms. The van der Waals surface area contributed by atoms with Gasteiger partial charge in [-0.2, -0.15) is 0 Å². The van der Waals surface area contributed by atoms with Crippen LogP contribution < -0.4 is 0 Å². The lowest BCUT2D eigenvalue weighted by molar-refractivity contribution is 0.0927. The van der Waals surface area contributed by atoms with Gasteiger partial charge in [-0.05, 0) is 61.3 Å². The van der Waals surface area contributed by atoms with Crippen LogP contribution in [0.15, 0.2) is 52.9 Å². The fourth-order valence-electron chi connectivity index (χ4n) is 4.08. The molecule has 5 nitrogen and oxygen atoms in total. The van der Waals surface area contributed by atoms with Gasteiger partial charge in [0, 0.05) is 24.5 Å². The van der Waals surface area contributed by atoms with Gasteiger partial charge in [0.05, 0.1) is 6.10 Å². The van der Waals surface area contributed by atoms with Crippen molar-refractivity contribution in [1.29, 1.82) is 0 Å². The standard InChI is InChI=1S/C24H26N2O3/c1-16-25-26-24(29-16)19-9-7-18(8-10-19)23(28)13-12-22(27)11-6-17-14-20-4-2-3-5-21(20)15-17/h2-5,7-10,17,22,27H,6,11-15H2,1H3/t22-/m0/s1. The number of aromatic nitrogens is 2. The number of rotatable bonds is 8. The normalized spacial score (nSPS) is 14.7. The first kappa shape index (κ1) is 19.5. The molecule has 0 bridgehead atoms. The lowest BCUT2D eigenvalue weighted by Crippen LogP contribution is -2.12. The van der Waals surface area contributed by atoms with E-state index in [1.54, 1.807) is 19.1 Å². The number of ketones is 1. The van der Waals surface area contributed by atoms with Gasteiger partial charge in [-0.1, -0.05) is 36.4 Å². The molecule has 0 unspecified atom stereocenters. The number of carbonyl (C=O) groups is 1. The topological polar surface area (TPSA) is 76.2 Å². The molecule has 3 aromatic rings. The molecule has 0 saturated carbocycles. The summed E-state index contributed by atoms with van der Waals surface area (Å²) in [5.41, 5.74) is 4.32. The molecule has 1 aromatic heterocycles. The van der Waals surface area contributed by atoms with Crippen LogP contribution in [0, 0.1) is 12.8 Å². The zero-order valence-electron chi connectivity index (χ0n) is 16.7. The van der Waals surface area contributed by atoms with E-state index in [4.69, 9.17) is 4.42 Å². The maximum atomic E-state index is 12.4. The van der Waals surface area contributed by atoms with Gasteiger partial charge in [0.15, 0.2) is 5.78 Å². The van der Waals surface area contributed by atoms with Gasteiger partial charge in [-0.15, -0.1) is 10.2 Å². The van der Waals surface area contributed by atoms with Crippen molar-refractivity contribution < 1.29 is 14.3 Å². The van der Waals surface area contributed by atoms with Gasteiger partial charge in [0.1, 0.15) is 0 Å². The molecule has 1 aliphatic carbocycles. The Labute approximate surface area is 170 Å². The molecule has 1 N–H and O–H groups in total. The Balaban J connectivity index is 1.22. The Morgan fingerprint density at radius 3 is 2.38 bits per heavy atom. The molecule has 1 atom stereocenters. The number of aryl methyl sites for hydroxylation is 1. The van der Waals surface area contributed by atoms with Crippen molar-refractivity contribution in [1.82, 2.24) is 10.2 Å². The van der Waals surface area contributed by atoms with Crippen molar-refractivity contribution >= 4 is 5.78 Å². The number of Topliss-reactive ketones (excluding diaryl/α,β-unsaturated/α-hetero) is 1. The monoisotopic (exact) mass is 390 g/mol. The zero-order chi connectivity index (χ0) is 20.2. The number of hydrogen-bond donors (Lipinski definition) is 1. The van der Waals surface area contributed by atoms with Crippen LogP contribution in [0.25, 0.3) is 11.5 Å². The minimum Gasteiger partial charge on any atom is -0.421 e. The average molecular weight is 390 g/mol. The van der Waals surface area contributed by atoms with Gasteiger partial charge in [-0.3, -0.25) is 4.79 Å². The van der Waals surface area contributed by atoms with Gasteiger partial charge in [0.25, 0.3) is 0 Å². The second-order valence-electron chi connectivity index (χ2n) is 7.94. The molecule has 0 fully saturated rings. The third-order valence-electron chi connectivity index (χ3n) is 5.73. The van der Waals surface area contributed by atoms with Crippen molar-refractivity contribution in [3.05, 3.63) is 71.1 Å². The quantitative estimate of drug-likeness (QED) is 0.571.